The van der Waals surface area contributed by atoms with Crippen molar-refractivity contribution in [1.29, 1.82) is 0 Å². The zero-order chi connectivity index (χ0) is 11.1. The van der Waals surface area contributed by atoms with Crippen molar-refractivity contribution in [3.63, 3.8) is 0 Å². The van der Waals surface area contributed by atoms with Crippen LogP contribution in [-0.2, 0) is 7.05 Å². The van der Waals surface area contributed by atoms with E-state index in [1.54, 1.807) is 12.5 Å². The van der Waals surface area contributed by atoms with Gasteiger partial charge in [-0.1, -0.05) is 12.1 Å². The van der Waals surface area contributed by atoms with Gasteiger partial charge in [0, 0.05) is 18.0 Å². The molecule has 0 unspecified atom stereocenters. The molecule has 0 fully saturated rings. The summed E-state index contributed by atoms with van der Waals surface area (Å²) in [5, 5.41) is 5.31. The maximum absolute atomic E-state index is 5.52. The van der Waals surface area contributed by atoms with Crippen LogP contribution in [0, 0.1) is 0 Å². The van der Waals surface area contributed by atoms with Crippen LogP contribution in [0.2, 0.25) is 0 Å². The minimum absolute atomic E-state index is 0.895. The molecule has 0 saturated heterocycles. The Morgan fingerprint density at radius 3 is 2.94 bits per heavy atom. The zero-order valence-corrected chi connectivity index (χ0v) is 10.2. The smallest absolute Gasteiger partial charge is 0.143 e. The maximum Gasteiger partial charge on any atom is 0.143 e. The number of aryl methyl sites for hydroxylation is 1. The Hall–Kier alpha value is -1.55. The quantitative estimate of drug-likeness (QED) is 0.680. The van der Waals surface area contributed by atoms with Crippen molar-refractivity contribution in [2.75, 3.05) is 0 Å². The minimum atomic E-state index is 0.895. The normalized spacial score (nSPS) is 11.1. The van der Waals surface area contributed by atoms with E-state index in [0.717, 1.165) is 26.7 Å². The fourth-order valence-electron chi connectivity index (χ4n) is 1.89. The third-order valence-corrected chi connectivity index (χ3v) is 3.21. The molecule has 0 bridgehead atoms. The lowest BCUT2D eigenvalue weighted by molar-refractivity contribution is 0.616. The number of halogens is 1. The van der Waals surface area contributed by atoms with Crippen LogP contribution in [0.1, 0.15) is 0 Å². The highest BCUT2D eigenvalue weighted by Gasteiger charge is 2.13. The van der Waals surface area contributed by atoms with Crippen molar-refractivity contribution in [3.8, 4) is 11.3 Å². The molecule has 2 aromatic heterocycles. The van der Waals surface area contributed by atoms with E-state index in [0.29, 0.717) is 0 Å². The molecular weight excluding hydrogens is 268 g/mol. The van der Waals surface area contributed by atoms with Crippen LogP contribution in [0.5, 0.6) is 0 Å². The molecule has 4 heteroatoms. The van der Waals surface area contributed by atoms with Crippen molar-refractivity contribution >= 4 is 26.9 Å². The first-order valence-electron chi connectivity index (χ1n) is 4.91. The number of nitrogens with zero attached hydrogens (tertiary/aromatic N) is 2. The van der Waals surface area contributed by atoms with Crippen LogP contribution in [0.4, 0.5) is 0 Å². The highest BCUT2D eigenvalue weighted by molar-refractivity contribution is 9.10. The van der Waals surface area contributed by atoms with Gasteiger partial charge in [0.2, 0.25) is 0 Å². The third-order valence-electron chi connectivity index (χ3n) is 2.63. The molecule has 0 aliphatic rings. The summed E-state index contributed by atoms with van der Waals surface area (Å²) in [6, 6.07) is 8.05. The summed E-state index contributed by atoms with van der Waals surface area (Å²) < 4.78 is 8.33. The summed E-state index contributed by atoms with van der Waals surface area (Å²) in [5.74, 6) is 0. The first kappa shape index (κ1) is 9.66. The number of rotatable bonds is 1. The van der Waals surface area contributed by atoms with Gasteiger partial charge >= 0.3 is 0 Å². The summed E-state index contributed by atoms with van der Waals surface area (Å²) in [6.07, 6.45) is 3.50. The molecule has 2 heterocycles. The Morgan fingerprint density at radius 2 is 2.19 bits per heavy atom. The monoisotopic (exact) mass is 276 g/mol. The molecule has 80 valence electrons. The number of benzene rings is 1. The van der Waals surface area contributed by atoms with E-state index in [2.05, 4.69) is 21.0 Å². The molecule has 1 aromatic carbocycles. The van der Waals surface area contributed by atoms with E-state index in [9.17, 15) is 0 Å². The highest BCUT2D eigenvalue weighted by atomic mass is 79.9. The van der Waals surface area contributed by atoms with Crippen molar-refractivity contribution in [2.45, 2.75) is 0 Å². The molecule has 0 aliphatic carbocycles. The average Bonchev–Trinajstić information content (AvgIpc) is 2.86. The predicted molar refractivity (Wildman–Crippen MR) is 66.1 cm³/mol. The average molecular weight is 277 g/mol. The first-order chi connectivity index (χ1) is 7.77. The molecule has 3 rings (SSSR count). The molecule has 0 saturated carbocycles. The Bertz CT molecular complexity index is 634. The number of aromatic nitrogens is 2. The Balaban J connectivity index is 2.38. The molecule has 0 radical (unpaired) electrons. The summed E-state index contributed by atoms with van der Waals surface area (Å²) in [6.45, 7) is 0. The second kappa shape index (κ2) is 3.49. The lowest BCUT2D eigenvalue weighted by Crippen LogP contribution is -1.93. The van der Waals surface area contributed by atoms with Crippen molar-refractivity contribution in [3.05, 3.63) is 41.2 Å². The van der Waals surface area contributed by atoms with Crippen molar-refractivity contribution in [1.82, 2.24) is 9.78 Å². The van der Waals surface area contributed by atoms with E-state index in [1.165, 1.54) is 0 Å². The molecule has 0 atom stereocenters. The van der Waals surface area contributed by atoms with E-state index >= 15 is 0 Å². The largest absolute Gasteiger partial charge is 0.464 e. The van der Waals surface area contributed by atoms with Gasteiger partial charge in [-0.05, 0) is 28.1 Å². The molecule has 0 amide bonds. The Labute approximate surface area is 101 Å². The minimum Gasteiger partial charge on any atom is -0.464 e. The van der Waals surface area contributed by atoms with Crippen LogP contribution in [0.25, 0.3) is 22.2 Å². The summed E-state index contributed by atoms with van der Waals surface area (Å²) in [5.41, 5.74) is 2.97. The standard InChI is InChI=1S/C12H9BrN2O/c1-15-11(10(13)7-14-15)9-4-2-3-8-5-6-16-12(8)9/h2-7H,1H3. The van der Waals surface area contributed by atoms with Gasteiger partial charge in [0.1, 0.15) is 5.58 Å². The first-order valence-corrected chi connectivity index (χ1v) is 5.71. The molecular formula is C12H9BrN2O. The second-order valence-corrected chi connectivity index (χ2v) is 4.46. The van der Waals surface area contributed by atoms with Crippen molar-refractivity contribution in [2.24, 2.45) is 7.05 Å². The van der Waals surface area contributed by atoms with Crippen molar-refractivity contribution < 1.29 is 4.42 Å². The molecule has 0 aliphatic heterocycles. The molecule has 0 N–H and O–H groups in total. The SMILES string of the molecule is Cn1ncc(Br)c1-c1cccc2ccoc12. The van der Waals surface area contributed by atoms with Crippen LogP contribution >= 0.6 is 15.9 Å². The van der Waals surface area contributed by atoms with Gasteiger partial charge in [-0.2, -0.15) is 5.10 Å². The van der Waals surface area contributed by atoms with E-state index < -0.39 is 0 Å². The van der Waals surface area contributed by atoms with Gasteiger partial charge in [-0.3, -0.25) is 4.68 Å². The summed E-state index contributed by atoms with van der Waals surface area (Å²) in [4.78, 5) is 0. The van der Waals surface area contributed by atoms with E-state index in [-0.39, 0.29) is 0 Å². The fourth-order valence-corrected chi connectivity index (χ4v) is 2.45. The van der Waals surface area contributed by atoms with Gasteiger partial charge < -0.3 is 4.42 Å². The molecule has 3 nitrogen and oxygen atoms in total. The molecule has 0 spiro atoms. The van der Waals surface area contributed by atoms with Gasteiger partial charge in [-0.25, -0.2) is 0 Å². The number of hydrogen-bond donors (Lipinski definition) is 0. The molecule has 3 aromatic rings. The highest BCUT2D eigenvalue weighted by Crippen LogP contribution is 2.33. The lowest BCUT2D eigenvalue weighted by Gasteiger charge is -2.03. The second-order valence-electron chi connectivity index (χ2n) is 3.61. The third kappa shape index (κ3) is 1.30. The van der Waals surface area contributed by atoms with Gasteiger partial charge in [-0.15, -0.1) is 0 Å². The van der Waals surface area contributed by atoms with E-state index in [1.807, 2.05) is 36.0 Å². The fraction of sp³-hybridized carbons (Fsp3) is 0.0833. The van der Waals surface area contributed by atoms with Crippen LogP contribution in [-0.4, -0.2) is 9.78 Å². The summed E-state index contributed by atoms with van der Waals surface area (Å²) >= 11 is 3.50. The predicted octanol–water partition coefficient (Wildman–Crippen LogP) is 3.60. The number of para-hydroxylation sites is 1. The van der Waals surface area contributed by atoms with Crippen LogP contribution < -0.4 is 0 Å². The van der Waals surface area contributed by atoms with Gasteiger partial charge in [0.25, 0.3) is 0 Å². The Morgan fingerprint density at radius 1 is 1.31 bits per heavy atom. The topological polar surface area (TPSA) is 31.0 Å². The molecule has 16 heavy (non-hydrogen) atoms. The number of furan rings is 1. The number of fused-ring (bicyclic) bond motifs is 1. The number of hydrogen-bond acceptors (Lipinski definition) is 2. The maximum atomic E-state index is 5.52. The van der Waals surface area contributed by atoms with Crippen LogP contribution in [0.15, 0.2) is 45.6 Å². The lowest BCUT2D eigenvalue weighted by atomic mass is 10.1. The van der Waals surface area contributed by atoms with Gasteiger partial charge in [0.15, 0.2) is 0 Å². The van der Waals surface area contributed by atoms with Crippen LogP contribution in [0.3, 0.4) is 0 Å². The summed E-state index contributed by atoms with van der Waals surface area (Å²) in [7, 11) is 1.92. The van der Waals surface area contributed by atoms with Gasteiger partial charge in [0.05, 0.1) is 22.6 Å². The zero-order valence-electron chi connectivity index (χ0n) is 8.64. The van der Waals surface area contributed by atoms with E-state index in [4.69, 9.17) is 4.42 Å². The Kier molecular flexibility index (Phi) is 2.11.